The lowest BCUT2D eigenvalue weighted by molar-refractivity contribution is -0.139. The summed E-state index contributed by atoms with van der Waals surface area (Å²) in [4.78, 5) is 17.3. The van der Waals surface area contributed by atoms with Crippen molar-refractivity contribution in [3.8, 4) is 17.0 Å². The number of hydrogen-bond acceptors (Lipinski definition) is 4. The number of rotatable bonds is 9. The third kappa shape index (κ3) is 6.35. The maximum absolute atomic E-state index is 12.8. The highest BCUT2D eigenvalue weighted by Gasteiger charge is 2.30. The number of anilines is 1. The summed E-state index contributed by atoms with van der Waals surface area (Å²) in [5.41, 5.74) is 2.20. The van der Waals surface area contributed by atoms with Gasteiger partial charge in [0.05, 0.1) is 11.3 Å². The number of halogens is 3. The van der Waals surface area contributed by atoms with Gasteiger partial charge in [0, 0.05) is 18.7 Å². The van der Waals surface area contributed by atoms with E-state index in [-0.39, 0.29) is 0 Å². The molecule has 5 nitrogen and oxygen atoms in total. The molecule has 0 aliphatic heterocycles. The third-order valence-electron chi connectivity index (χ3n) is 4.88. The summed E-state index contributed by atoms with van der Waals surface area (Å²) in [6.45, 7) is 6.22. The van der Waals surface area contributed by atoms with Crippen LogP contribution in [-0.2, 0) is 17.5 Å². The van der Waals surface area contributed by atoms with E-state index < -0.39 is 24.3 Å². The zero-order valence-electron chi connectivity index (χ0n) is 18.0. The van der Waals surface area contributed by atoms with Gasteiger partial charge in [-0.25, -0.2) is 9.78 Å². The van der Waals surface area contributed by atoms with Crippen molar-refractivity contribution in [1.29, 1.82) is 0 Å². The van der Waals surface area contributed by atoms with Gasteiger partial charge in [0.1, 0.15) is 11.6 Å². The van der Waals surface area contributed by atoms with Crippen molar-refractivity contribution in [3.63, 3.8) is 0 Å². The van der Waals surface area contributed by atoms with Gasteiger partial charge in [-0.1, -0.05) is 36.4 Å². The van der Waals surface area contributed by atoms with Gasteiger partial charge in [0.25, 0.3) is 0 Å². The fourth-order valence-electron chi connectivity index (χ4n) is 3.32. The van der Waals surface area contributed by atoms with Gasteiger partial charge in [-0.3, -0.25) is 0 Å². The van der Waals surface area contributed by atoms with Crippen LogP contribution in [0.1, 0.15) is 16.7 Å². The topological polar surface area (TPSA) is 62.7 Å². The Hall–Kier alpha value is -3.81. The van der Waals surface area contributed by atoms with Crippen LogP contribution in [0.3, 0.4) is 0 Å². The fourth-order valence-corrected chi connectivity index (χ4v) is 3.32. The number of nitrogens with zero attached hydrogens (tertiary/aromatic N) is 2. The van der Waals surface area contributed by atoms with Gasteiger partial charge in [-0.15, -0.1) is 6.58 Å². The third-order valence-corrected chi connectivity index (χ3v) is 4.88. The van der Waals surface area contributed by atoms with Gasteiger partial charge < -0.3 is 14.7 Å². The van der Waals surface area contributed by atoms with E-state index in [9.17, 15) is 18.0 Å². The molecule has 1 heterocycles. The van der Waals surface area contributed by atoms with E-state index >= 15 is 0 Å². The summed E-state index contributed by atoms with van der Waals surface area (Å²) in [6.07, 6.45) is -2.65. The second-order valence-corrected chi connectivity index (χ2v) is 7.41. The van der Waals surface area contributed by atoms with E-state index in [1.165, 1.54) is 12.1 Å². The maximum Gasteiger partial charge on any atom is 0.416 e. The van der Waals surface area contributed by atoms with Gasteiger partial charge in [-0.05, 0) is 48.4 Å². The first kappa shape index (κ1) is 23.8. The standard InChI is InChI=1S/C25H23F3N2O3/c1-3-13-30(15-18-7-12-22(17(2)14-18)33-16-24(31)32)23-6-4-5-21(29-23)19-8-10-20(11-9-19)25(26,27)28/h3-12,14H,1,13,15-16H2,2H3,(H,31,32). The summed E-state index contributed by atoms with van der Waals surface area (Å²) >= 11 is 0. The van der Waals surface area contributed by atoms with Crippen LogP contribution in [0.25, 0.3) is 11.3 Å². The molecule has 3 aromatic rings. The lowest BCUT2D eigenvalue weighted by atomic mass is 10.1. The van der Waals surface area contributed by atoms with Crippen LogP contribution >= 0.6 is 0 Å². The highest BCUT2D eigenvalue weighted by atomic mass is 19.4. The SMILES string of the molecule is C=CCN(Cc1ccc(OCC(=O)O)c(C)c1)c1cccc(-c2ccc(C(F)(F)F)cc2)n1. The number of carboxylic acid groups (broad SMARTS) is 1. The largest absolute Gasteiger partial charge is 0.482 e. The minimum absolute atomic E-state index is 0.413. The van der Waals surface area contributed by atoms with Crippen molar-refractivity contribution in [2.24, 2.45) is 0 Å². The number of ether oxygens (including phenoxy) is 1. The molecule has 0 bridgehead atoms. The molecule has 0 saturated heterocycles. The molecule has 0 aliphatic carbocycles. The number of carbonyl (C=O) groups is 1. The van der Waals surface area contributed by atoms with Gasteiger partial charge in [0.2, 0.25) is 0 Å². The Balaban J connectivity index is 1.82. The predicted molar refractivity (Wildman–Crippen MR) is 120 cm³/mol. The van der Waals surface area contributed by atoms with Crippen LogP contribution in [-0.4, -0.2) is 29.2 Å². The first-order valence-corrected chi connectivity index (χ1v) is 10.1. The molecule has 172 valence electrons. The minimum Gasteiger partial charge on any atom is -0.482 e. The second-order valence-electron chi connectivity index (χ2n) is 7.41. The molecule has 0 spiro atoms. The van der Waals surface area contributed by atoms with Crippen LogP contribution in [0.15, 0.2) is 73.3 Å². The Morgan fingerprint density at radius 3 is 2.48 bits per heavy atom. The molecular weight excluding hydrogens is 433 g/mol. The average molecular weight is 456 g/mol. The molecule has 0 atom stereocenters. The molecular formula is C25H23F3N2O3. The molecule has 0 radical (unpaired) electrons. The predicted octanol–water partition coefficient (Wildman–Crippen LogP) is 5.73. The molecule has 8 heteroatoms. The van der Waals surface area contributed by atoms with Crippen LogP contribution in [0.2, 0.25) is 0 Å². The summed E-state index contributed by atoms with van der Waals surface area (Å²) in [5.74, 6) is 0.102. The lowest BCUT2D eigenvalue weighted by Gasteiger charge is -2.23. The van der Waals surface area contributed by atoms with Crippen molar-refractivity contribution >= 4 is 11.8 Å². The zero-order valence-corrected chi connectivity index (χ0v) is 18.0. The van der Waals surface area contributed by atoms with Crippen molar-refractivity contribution in [2.75, 3.05) is 18.1 Å². The molecule has 3 rings (SSSR count). The number of benzene rings is 2. The van der Waals surface area contributed by atoms with E-state index in [1.807, 2.05) is 30.0 Å². The van der Waals surface area contributed by atoms with Gasteiger partial charge in [-0.2, -0.15) is 13.2 Å². The summed E-state index contributed by atoms with van der Waals surface area (Å²) in [5, 5.41) is 8.78. The van der Waals surface area contributed by atoms with Crippen LogP contribution < -0.4 is 9.64 Å². The number of aromatic nitrogens is 1. The number of hydrogen-bond donors (Lipinski definition) is 1. The Kier molecular flexibility index (Phi) is 7.37. The molecule has 0 unspecified atom stereocenters. The first-order chi connectivity index (χ1) is 15.7. The van der Waals surface area contributed by atoms with E-state index in [0.29, 0.717) is 35.9 Å². The highest BCUT2D eigenvalue weighted by Crippen LogP contribution is 2.31. The molecule has 0 fully saturated rings. The van der Waals surface area contributed by atoms with Crippen molar-refractivity contribution in [3.05, 3.63) is 90.0 Å². The maximum atomic E-state index is 12.8. The number of aliphatic carboxylic acids is 1. The summed E-state index contributed by atoms with van der Waals surface area (Å²) in [7, 11) is 0. The number of alkyl halides is 3. The van der Waals surface area contributed by atoms with E-state index in [1.54, 1.807) is 24.3 Å². The van der Waals surface area contributed by atoms with Gasteiger partial charge >= 0.3 is 12.1 Å². The molecule has 0 amide bonds. The Morgan fingerprint density at radius 1 is 1.15 bits per heavy atom. The fraction of sp³-hybridized carbons (Fsp3) is 0.200. The van der Waals surface area contributed by atoms with Crippen LogP contribution in [0.5, 0.6) is 5.75 Å². The normalized spacial score (nSPS) is 11.2. The smallest absolute Gasteiger partial charge is 0.416 e. The Bertz CT molecular complexity index is 1130. The molecule has 0 aliphatic rings. The first-order valence-electron chi connectivity index (χ1n) is 10.1. The average Bonchev–Trinajstić information content (AvgIpc) is 2.78. The molecule has 1 N–H and O–H groups in total. The summed E-state index contributed by atoms with van der Waals surface area (Å²) < 4.78 is 43.8. The quantitative estimate of drug-likeness (QED) is 0.417. The Morgan fingerprint density at radius 2 is 1.88 bits per heavy atom. The van der Waals surface area contributed by atoms with Crippen LogP contribution in [0.4, 0.5) is 19.0 Å². The zero-order chi connectivity index (χ0) is 24.0. The molecule has 33 heavy (non-hydrogen) atoms. The molecule has 1 aromatic heterocycles. The van der Waals surface area contributed by atoms with E-state index in [2.05, 4.69) is 11.6 Å². The number of pyridine rings is 1. The van der Waals surface area contributed by atoms with Crippen LogP contribution in [0, 0.1) is 6.92 Å². The lowest BCUT2D eigenvalue weighted by Crippen LogP contribution is -2.23. The van der Waals surface area contributed by atoms with Crippen molar-refractivity contribution in [2.45, 2.75) is 19.6 Å². The molecule has 0 saturated carbocycles. The Labute approximate surface area is 189 Å². The minimum atomic E-state index is -4.39. The van der Waals surface area contributed by atoms with Crippen molar-refractivity contribution in [1.82, 2.24) is 4.98 Å². The van der Waals surface area contributed by atoms with E-state index in [4.69, 9.17) is 9.84 Å². The van der Waals surface area contributed by atoms with E-state index in [0.717, 1.165) is 23.3 Å². The summed E-state index contributed by atoms with van der Waals surface area (Å²) in [6, 6.07) is 15.8. The molecule has 2 aromatic carbocycles. The number of carboxylic acids is 1. The monoisotopic (exact) mass is 456 g/mol. The number of aryl methyl sites for hydroxylation is 1. The second kappa shape index (κ2) is 10.2. The van der Waals surface area contributed by atoms with Gasteiger partial charge in [0.15, 0.2) is 6.61 Å². The highest BCUT2D eigenvalue weighted by molar-refractivity contribution is 5.68. The van der Waals surface area contributed by atoms with Crippen molar-refractivity contribution < 1.29 is 27.8 Å².